The van der Waals surface area contributed by atoms with Gasteiger partial charge in [0.25, 0.3) is 0 Å². The number of hydrogen-bond acceptors (Lipinski definition) is 3. The minimum absolute atomic E-state index is 0.145. The van der Waals surface area contributed by atoms with Crippen LogP contribution in [0, 0.1) is 5.92 Å². The van der Waals surface area contributed by atoms with Crippen molar-refractivity contribution < 1.29 is 9.53 Å². The van der Waals surface area contributed by atoms with Crippen molar-refractivity contribution in [1.29, 1.82) is 0 Å². The molecule has 0 aromatic heterocycles. The second kappa shape index (κ2) is 4.42. The van der Waals surface area contributed by atoms with Gasteiger partial charge in [-0.15, -0.1) is 0 Å². The maximum atomic E-state index is 11.4. The summed E-state index contributed by atoms with van der Waals surface area (Å²) in [5, 5.41) is 3.14. The molecule has 3 nitrogen and oxygen atoms in total. The molecule has 1 aliphatic rings. The molecular weight excluding hydrogens is 166 g/mol. The second-order valence-corrected chi connectivity index (χ2v) is 3.43. The van der Waals surface area contributed by atoms with Crippen molar-refractivity contribution >= 4 is 5.97 Å². The van der Waals surface area contributed by atoms with Crippen molar-refractivity contribution in [3.8, 4) is 0 Å². The SMILES string of the molecule is C=C(C)C1CCN[C@@H]1C(=O)OCC. The van der Waals surface area contributed by atoms with E-state index >= 15 is 0 Å². The first-order valence-corrected chi connectivity index (χ1v) is 4.72. The summed E-state index contributed by atoms with van der Waals surface area (Å²) < 4.78 is 4.96. The van der Waals surface area contributed by atoms with Gasteiger partial charge in [-0.25, -0.2) is 0 Å². The summed E-state index contributed by atoms with van der Waals surface area (Å²) >= 11 is 0. The van der Waals surface area contributed by atoms with Crippen LogP contribution < -0.4 is 5.32 Å². The summed E-state index contributed by atoms with van der Waals surface area (Å²) in [6, 6.07) is -0.169. The van der Waals surface area contributed by atoms with Crippen molar-refractivity contribution in [2.24, 2.45) is 5.92 Å². The van der Waals surface area contributed by atoms with Gasteiger partial charge in [-0.05, 0) is 26.8 Å². The van der Waals surface area contributed by atoms with Gasteiger partial charge in [0.1, 0.15) is 6.04 Å². The Hall–Kier alpha value is -0.830. The summed E-state index contributed by atoms with van der Waals surface area (Å²) in [6.07, 6.45) is 0.985. The van der Waals surface area contributed by atoms with Gasteiger partial charge in [-0.3, -0.25) is 4.79 Å². The highest BCUT2D eigenvalue weighted by Crippen LogP contribution is 2.23. The molecule has 0 saturated carbocycles. The van der Waals surface area contributed by atoms with Gasteiger partial charge >= 0.3 is 5.97 Å². The molecular formula is C10H17NO2. The first-order chi connectivity index (χ1) is 6.16. The molecule has 1 rings (SSSR count). The van der Waals surface area contributed by atoms with Gasteiger partial charge in [0.15, 0.2) is 0 Å². The molecule has 0 aromatic carbocycles. The van der Waals surface area contributed by atoms with Crippen LogP contribution in [0.15, 0.2) is 12.2 Å². The van der Waals surface area contributed by atoms with Crippen LogP contribution in [-0.4, -0.2) is 25.2 Å². The molecule has 0 spiro atoms. The lowest BCUT2D eigenvalue weighted by molar-refractivity contribution is -0.146. The third-order valence-corrected chi connectivity index (χ3v) is 2.40. The number of carbonyl (C=O) groups is 1. The number of esters is 1. The predicted octanol–water partition coefficient (Wildman–Crippen LogP) is 1.10. The summed E-state index contributed by atoms with van der Waals surface area (Å²) in [5.41, 5.74) is 1.06. The highest BCUT2D eigenvalue weighted by molar-refractivity contribution is 5.77. The zero-order valence-electron chi connectivity index (χ0n) is 8.30. The van der Waals surface area contributed by atoms with Crippen molar-refractivity contribution in [1.82, 2.24) is 5.32 Å². The predicted molar refractivity (Wildman–Crippen MR) is 51.3 cm³/mol. The smallest absolute Gasteiger partial charge is 0.323 e. The standard InChI is InChI=1S/C10H17NO2/c1-4-13-10(12)9-8(7(2)3)5-6-11-9/h8-9,11H,2,4-6H2,1,3H3/t8?,9-/m0/s1. The lowest BCUT2D eigenvalue weighted by Crippen LogP contribution is -2.37. The Labute approximate surface area is 79.2 Å². The molecule has 0 amide bonds. The molecule has 1 unspecified atom stereocenters. The summed E-state index contributed by atoms with van der Waals surface area (Å²) in [5.74, 6) is 0.104. The van der Waals surface area contributed by atoms with E-state index in [0.717, 1.165) is 18.5 Å². The van der Waals surface area contributed by atoms with E-state index in [1.165, 1.54) is 0 Å². The maximum Gasteiger partial charge on any atom is 0.323 e. The van der Waals surface area contributed by atoms with E-state index in [2.05, 4.69) is 11.9 Å². The molecule has 1 aliphatic heterocycles. The van der Waals surface area contributed by atoms with Gasteiger partial charge in [0, 0.05) is 5.92 Å². The Morgan fingerprint density at radius 2 is 2.38 bits per heavy atom. The van der Waals surface area contributed by atoms with E-state index in [1.807, 2.05) is 13.8 Å². The van der Waals surface area contributed by atoms with Gasteiger partial charge in [0.05, 0.1) is 6.61 Å². The van der Waals surface area contributed by atoms with E-state index in [-0.39, 0.29) is 17.9 Å². The van der Waals surface area contributed by atoms with Gasteiger partial charge in [0.2, 0.25) is 0 Å². The normalized spacial score (nSPS) is 27.2. The van der Waals surface area contributed by atoms with E-state index in [9.17, 15) is 4.79 Å². The van der Waals surface area contributed by atoms with E-state index < -0.39 is 0 Å². The van der Waals surface area contributed by atoms with Crippen LogP contribution in [0.1, 0.15) is 20.3 Å². The molecule has 13 heavy (non-hydrogen) atoms. The van der Waals surface area contributed by atoms with Crippen LogP contribution >= 0.6 is 0 Å². The molecule has 0 radical (unpaired) electrons. The van der Waals surface area contributed by atoms with Crippen LogP contribution in [0.25, 0.3) is 0 Å². The number of carbonyl (C=O) groups excluding carboxylic acids is 1. The maximum absolute atomic E-state index is 11.4. The quantitative estimate of drug-likeness (QED) is 0.526. The highest BCUT2D eigenvalue weighted by Gasteiger charge is 2.33. The molecule has 1 fully saturated rings. The van der Waals surface area contributed by atoms with Crippen molar-refractivity contribution in [3.63, 3.8) is 0 Å². The van der Waals surface area contributed by atoms with Crippen molar-refractivity contribution in [2.75, 3.05) is 13.2 Å². The lowest BCUT2D eigenvalue weighted by atomic mass is 9.94. The van der Waals surface area contributed by atoms with Gasteiger partial charge in [-0.1, -0.05) is 12.2 Å². The molecule has 3 heteroatoms. The second-order valence-electron chi connectivity index (χ2n) is 3.43. The Balaban J connectivity index is 2.57. The summed E-state index contributed by atoms with van der Waals surface area (Å²) in [7, 11) is 0. The van der Waals surface area contributed by atoms with Crippen molar-refractivity contribution in [2.45, 2.75) is 26.3 Å². The first kappa shape index (κ1) is 10.3. The highest BCUT2D eigenvalue weighted by atomic mass is 16.5. The number of rotatable bonds is 3. The first-order valence-electron chi connectivity index (χ1n) is 4.72. The average Bonchev–Trinajstić information content (AvgIpc) is 2.52. The molecule has 0 aliphatic carbocycles. The fourth-order valence-corrected chi connectivity index (χ4v) is 1.71. The van der Waals surface area contributed by atoms with Crippen LogP contribution in [0.2, 0.25) is 0 Å². The van der Waals surface area contributed by atoms with Crippen LogP contribution in [0.5, 0.6) is 0 Å². The fourth-order valence-electron chi connectivity index (χ4n) is 1.71. The van der Waals surface area contributed by atoms with Gasteiger partial charge < -0.3 is 10.1 Å². The molecule has 0 aromatic rings. The number of nitrogens with one attached hydrogen (secondary N) is 1. The fraction of sp³-hybridized carbons (Fsp3) is 0.700. The van der Waals surface area contributed by atoms with E-state index in [0.29, 0.717) is 6.61 Å². The summed E-state index contributed by atoms with van der Waals surface area (Å²) in [4.78, 5) is 11.4. The average molecular weight is 183 g/mol. The molecule has 2 atom stereocenters. The minimum atomic E-state index is -0.169. The largest absolute Gasteiger partial charge is 0.465 e. The Morgan fingerprint density at radius 3 is 2.92 bits per heavy atom. The summed E-state index contributed by atoms with van der Waals surface area (Å²) in [6.45, 7) is 8.99. The van der Waals surface area contributed by atoms with Crippen molar-refractivity contribution in [3.05, 3.63) is 12.2 Å². The third kappa shape index (κ3) is 2.31. The van der Waals surface area contributed by atoms with Gasteiger partial charge in [-0.2, -0.15) is 0 Å². The minimum Gasteiger partial charge on any atom is -0.465 e. The molecule has 0 bridgehead atoms. The lowest BCUT2D eigenvalue weighted by Gasteiger charge is -2.17. The van der Waals surface area contributed by atoms with Crippen LogP contribution in [-0.2, 0) is 9.53 Å². The number of hydrogen-bond donors (Lipinski definition) is 1. The third-order valence-electron chi connectivity index (χ3n) is 2.40. The molecule has 74 valence electrons. The zero-order valence-corrected chi connectivity index (χ0v) is 8.30. The van der Waals surface area contributed by atoms with Crippen LogP contribution in [0.3, 0.4) is 0 Å². The number of ether oxygens (including phenoxy) is 1. The Kier molecular flexibility index (Phi) is 3.48. The topological polar surface area (TPSA) is 38.3 Å². The monoisotopic (exact) mass is 183 g/mol. The Morgan fingerprint density at radius 1 is 1.69 bits per heavy atom. The van der Waals surface area contributed by atoms with E-state index in [1.54, 1.807) is 0 Å². The van der Waals surface area contributed by atoms with Crippen LogP contribution in [0.4, 0.5) is 0 Å². The van der Waals surface area contributed by atoms with E-state index in [4.69, 9.17) is 4.74 Å². The zero-order chi connectivity index (χ0) is 9.84. The molecule has 1 N–H and O–H groups in total. The molecule has 1 saturated heterocycles. The Bertz CT molecular complexity index is 213. The molecule has 1 heterocycles.